The second-order valence-corrected chi connectivity index (χ2v) is 10.2. The second-order valence-electron chi connectivity index (χ2n) is 10.2. The van der Waals surface area contributed by atoms with E-state index in [1.165, 1.54) is 5.39 Å². The third-order valence-corrected chi connectivity index (χ3v) is 7.55. The zero-order valence-electron chi connectivity index (χ0n) is 22.5. The highest BCUT2D eigenvalue weighted by Crippen LogP contribution is 2.34. The largest absolute Gasteiger partial charge is 0.254 e. The minimum atomic E-state index is 0.598. The van der Waals surface area contributed by atoms with Crippen molar-refractivity contribution in [3.05, 3.63) is 140 Å². The van der Waals surface area contributed by atoms with Gasteiger partial charge in [0.05, 0.1) is 16.7 Å². The number of aromatic nitrogens is 5. The molecule has 0 aliphatic carbocycles. The molecule has 0 aliphatic rings. The van der Waals surface area contributed by atoms with Gasteiger partial charge in [-0.1, -0.05) is 115 Å². The monoisotopic (exact) mass is 537 g/mol. The van der Waals surface area contributed by atoms with Gasteiger partial charge in [0.15, 0.2) is 17.5 Å². The van der Waals surface area contributed by atoms with Gasteiger partial charge in [-0.25, -0.2) is 19.9 Å². The summed E-state index contributed by atoms with van der Waals surface area (Å²) in [5.41, 5.74) is 6.30. The summed E-state index contributed by atoms with van der Waals surface area (Å²) in [5, 5.41) is 4.42. The topological polar surface area (TPSA) is 64.5 Å². The first-order valence-electron chi connectivity index (χ1n) is 13.9. The Labute approximate surface area is 242 Å². The van der Waals surface area contributed by atoms with Crippen LogP contribution in [0, 0.1) is 0 Å². The summed E-state index contributed by atoms with van der Waals surface area (Å²) in [6, 6.07) is 45.2. The van der Waals surface area contributed by atoms with Gasteiger partial charge in [-0.3, -0.25) is 4.98 Å². The Morgan fingerprint density at radius 3 is 1.83 bits per heavy atom. The van der Waals surface area contributed by atoms with Crippen molar-refractivity contribution in [1.82, 2.24) is 24.9 Å². The fourth-order valence-corrected chi connectivity index (χ4v) is 5.45. The zero-order chi connectivity index (χ0) is 27.9. The van der Waals surface area contributed by atoms with Crippen LogP contribution in [0.5, 0.6) is 0 Å². The Morgan fingerprint density at radius 2 is 0.976 bits per heavy atom. The molecule has 0 atom stereocenters. The van der Waals surface area contributed by atoms with Crippen LogP contribution in [-0.4, -0.2) is 24.9 Å². The van der Waals surface area contributed by atoms with Crippen LogP contribution in [0.4, 0.5) is 0 Å². The maximum atomic E-state index is 5.12. The van der Waals surface area contributed by atoms with Gasteiger partial charge in [0.2, 0.25) is 0 Å². The normalized spacial score (nSPS) is 11.3. The van der Waals surface area contributed by atoms with E-state index in [2.05, 4.69) is 77.8 Å². The molecule has 5 nitrogen and oxygen atoms in total. The SMILES string of the molecule is c1ccc(-c2nc(-c3ccc4ccccc4c3)nc(-c3ccccc3-c3ccc4ccc5cccnc5c4n3)n2)cc1. The van der Waals surface area contributed by atoms with E-state index in [1.807, 2.05) is 66.9 Å². The molecule has 8 aromatic rings. The number of pyridine rings is 2. The predicted molar refractivity (Wildman–Crippen MR) is 170 cm³/mol. The van der Waals surface area contributed by atoms with Crippen LogP contribution >= 0.6 is 0 Å². The molecule has 0 fully saturated rings. The van der Waals surface area contributed by atoms with E-state index in [4.69, 9.17) is 19.9 Å². The van der Waals surface area contributed by atoms with Gasteiger partial charge in [0.1, 0.15) is 0 Å². The van der Waals surface area contributed by atoms with Gasteiger partial charge in [-0.05, 0) is 29.0 Å². The van der Waals surface area contributed by atoms with E-state index in [-0.39, 0.29) is 0 Å². The van der Waals surface area contributed by atoms with Crippen molar-refractivity contribution in [3.63, 3.8) is 0 Å². The van der Waals surface area contributed by atoms with E-state index in [1.54, 1.807) is 0 Å². The standard InChI is InChI=1S/C37H23N5/c1-2-10-27(11-3-1)35-40-36(29-19-16-24-9-4-5-12-28(24)23-29)42-37(41-35)31-15-7-6-14-30(31)32-21-20-26-18-17-25-13-8-22-38-33(25)34(26)39-32/h1-23H. The molecule has 3 heterocycles. The Balaban J connectivity index is 1.34. The highest BCUT2D eigenvalue weighted by Gasteiger charge is 2.17. The lowest BCUT2D eigenvalue weighted by Crippen LogP contribution is -2.01. The number of nitrogens with zero attached hydrogens (tertiary/aromatic N) is 5. The van der Waals surface area contributed by atoms with E-state index >= 15 is 0 Å². The van der Waals surface area contributed by atoms with Crippen LogP contribution in [-0.2, 0) is 0 Å². The van der Waals surface area contributed by atoms with Crippen molar-refractivity contribution in [3.8, 4) is 45.4 Å². The second kappa shape index (κ2) is 9.98. The Hall–Kier alpha value is -5.81. The average molecular weight is 538 g/mol. The maximum Gasteiger partial charge on any atom is 0.164 e. The Kier molecular flexibility index (Phi) is 5.71. The Bertz CT molecular complexity index is 2260. The molecule has 0 unspecified atom stereocenters. The van der Waals surface area contributed by atoms with Gasteiger partial charge in [-0.15, -0.1) is 0 Å². The lowest BCUT2D eigenvalue weighted by Gasteiger charge is -2.12. The predicted octanol–water partition coefficient (Wildman–Crippen LogP) is 8.79. The number of rotatable bonds is 4. The molecule has 0 bridgehead atoms. The van der Waals surface area contributed by atoms with Gasteiger partial charge in [-0.2, -0.15) is 0 Å². The Morgan fingerprint density at radius 1 is 0.357 bits per heavy atom. The van der Waals surface area contributed by atoms with Gasteiger partial charge in [0, 0.05) is 39.2 Å². The number of fused-ring (bicyclic) bond motifs is 4. The summed E-state index contributed by atoms with van der Waals surface area (Å²) >= 11 is 0. The third kappa shape index (κ3) is 4.25. The third-order valence-electron chi connectivity index (χ3n) is 7.55. The first-order valence-corrected chi connectivity index (χ1v) is 13.9. The molecule has 196 valence electrons. The quantitative estimate of drug-likeness (QED) is 0.210. The van der Waals surface area contributed by atoms with E-state index in [0.29, 0.717) is 17.5 Å². The van der Waals surface area contributed by atoms with Crippen molar-refractivity contribution in [2.24, 2.45) is 0 Å². The van der Waals surface area contributed by atoms with Crippen LogP contribution in [0.15, 0.2) is 140 Å². The first kappa shape index (κ1) is 24.0. The van der Waals surface area contributed by atoms with Crippen molar-refractivity contribution in [2.45, 2.75) is 0 Å². The molecule has 0 radical (unpaired) electrons. The summed E-state index contributed by atoms with van der Waals surface area (Å²) < 4.78 is 0. The van der Waals surface area contributed by atoms with Crippen LogP contribution in [0.25, 0.3) is 78.0 Å². The van der Waals surface area contributed by atoms with Gasteiger partial charge >= 0.3 is 0 Å². The molecule has 5 aromatic carbocycles. The highest BCUT2D eigenvalue weighted by molar-refractivity contribution is 6.03. The molecule has 3 aromatic heterocycles. The van der Waals surface area contributed by atoms with Crippen molar-refractivity contribution in [2.75, 3.05) is 0 Å². The van der Waals surface area contributed by atoms with Crippen LogP contribution < -0.4 is 0 Å². The molecular formula is C37H23N5. The van der Waals surface area contributed by atoms with Crippen LogP contribution in [0.2, 0.25) is 0 Å². The molecule has 42 heavy (non-hydrogen) atoms. The van der Waals surface area contributed by atoms with E-state index in [0.717, 1.165) is 55.1 Å². The minimum Gasteiger partial charge on any atom is -0.254 e. The zero-order valence-corrected chi connectivity index (χ0v) is 22.5. The maximum absolute atomic E-state index is 5.12. The summed E-state index contributed by atoms with van der Waals surface area (Å²) in [5.74, 6) is 1.85. The van der Waals surface area contributed by atoms with E-state index in [9.17, 15) is 0 Å². The van der Waals surface area contributed by atoms with Gasteiger partial charge in [0.25, 0.3) is 0 Å². The lowest BCUT2D eigenvalue weighted by molar-refractivity contribution is 1.07. The number of benzene rings is 5. The summed E-state index contributed by atoms with van der Waals surface area (Å²) in [7, 11) is 0. The van der Waals surface area contributed by atoms with Crippen molar-refractivity contribution in [1.29, 1.82) is 0 Å². The summed E-state index contributed by atoms with van der Waals surface area (Å²) in [6.07, 6.45) is 1.81. The molecule has 5 heteroatoms. The average Bonchev–Trinajstić information content (AvgIpc) is 3.08. The molecule has 0 aliphatic heterocycles. The molecule has 0 N–H and O–H groups in total. The number of hydrogen-bond donors (Lipinski definition) is 0. The van der Waals surface area contributed by atoms with Crippen LogP contribution in [0.3, 0.4) is 0 Å². The van der Waals surface area contributed by atoms with Crippen LogP contribution in [0.1, 0.15) is 0 Å². The first-order chi connectivity index (χ1) is 20.8. The van der Waals surface area contributed by atoms with Crippen molar-refractivity contribution < 1.29 is 0 Å². The molecule has 0 spiro atoms. The molecule has 8 rings (SSSR count). The van der Waals surface area contributed by atoms with Gasteiger partial charge < -0.3 is 0 Å². The number of hydrogen-bond acceptors (Lipinski definition) is 5. The fourth-order valence-electron chi connectivity index (χ4n) is 5.45. The summed E-state index contributed by atoms with van der Waals surface area (Å²) in [4.78, 5) is 24.7. The van der Waals surface area contributed by atoms with E-state index < -0.39 is 0 Å². The molecule has 0 amide bonds. The molecule has 0 saturated carbocycles. The summed E-state index contributed by atoms with van der Waals surface area (Å²) in [6.45, 7) is 0. The highest BCUT2D eigenvalue weighted by atomic mass is 15.0. The minimum absolute atomic E-state index is 0.598. The molecule has 0 saturated heterocycles. The molecular weight excluding hydrogens is 514 g/mol. The van der Waals surface area contributed by atoms with Crippen molar-refractivity contribution >= 4 is 32.6 Å². The smallest absolute Gasteiger partial charge is 0.164 e. The fraction of sp³-hybridized carbons (Fsp3) is 0. The lowest BCUT2D eigenvalue weighted by atomic mass is 10.0.